The molecule has 504 valence electrons. The number of benzene rings is 3. The number of fused-ring (bicyclic) bond motifs is 3. The zero-order valence-electron chi connectivity index (χ0n) is 55.8. The molecule has 0 aliphatic rings. The minimum atomic E-state index is -0.409. The average Bonchev–Trinajstić information content (AvgIpc) is 0.802. The van der Waals surface area contributed by atoms with Crippen molar-refractivity contribution in [2.24, 2.45) is 0 Å². The number of pyridine rings is 6. The van der Waals surface area contributed by atoms with E-state index in [1.165, 1.54) is 18.5 Å². The lowest BCUT2D eigenvalue weighted by atomic mass is 9.95. The smallest absolute Gasteiger partial charge is 0.252 e. The molecule has 12 rings (SSSR count). The first-order valence-corrected chi connectivity index (χ1v) is 31.1. The number of hydrogen-bond acceptors (Lipinski definition) is 18. The topological polar surface area (TPSA) is 278 Å². The third-order valence-corrected chi connectivity index (χ3v) is 16.0. The number of halogens is 1. The predicted octanol–water partition coefficient (Wildman–Crippen LogP) is 12.8. The summed E-state index contributed by atoms with van der Waals surface area (Å²) in [5, 5.41) is 20.5. The van der Waals surface area contributed by atoms with Crippen molar-refractivity contribution in [1.82, 2.24) is 75.8 Å². The lowest BCUT2D eigenvalue weighted by Gasteiger charge is -2.17. The molecule has 0 saturated carbocycles. The molecule has 98 heavy (non-hydrogen) atoms. The molecular weight excluding hydrogens is 1290 g/mol. The molecule has 0 saturated heterocycles. The van der Waals surface area contributed by atoms with Gasteiger partial charge in [-0.3, -0.25) is 44.3 Å². The van der Waals surface area contributed by atoms with Gasteiger partial charge in [-0.05, 0) is 111 Å². The fourth-order valence-electron chi connectivity index (χ4n) is 10.7. The van der Waals surface area contributed by atoms with Gasteiger partial charge in [0, 0.05) is 163 Å². The highest BCUT2D eigenvalue weighted by Crippen LogP contribution is 2.32. The molecule has 3 atom stereocenters. The number of anilines is 3. The number of para-hydroxylation sites is 2. The van der Waals surface area contributed by atoms with Crippen LogP contribution in [0.4, 0.5) is 21.8 Å². The number of rotatable bonds is 19. The fraction of sp³-hybridized carbons (Fsp3) is 0.219. The largest absolute Gasteiger partial charge is 0.369 e. The highest BCUT2D eigenvalue weighted by Gasteiger charge is 2.20. The van der Waals surface area contributed by atoms with Gasteiger partial charge >= 0.3 is 0 Å². The van der Waals surface area contributed by atoms with Crippen LogP contribution in [0.1, 0.15) is 110 Å². The van der Waals surface area contributed by atoms with Crippen LogP contribution in [0, 0.1) is 26.6 Å². The van der Waals surface area contributed by atoms with Gasteiger partial charge in [-0.2, -0.15) is 40.5 Å². The summed E-state index contributed by atoms with van der Waals surface area (Å²) in [6, 6.07) is 37.4. The second kappa shape index (κ2) is 35.4. The van der Waals surface area contributed by atoms with Crippen molar-refractivity contribution in [3.8, 4) is 33.8 Å². The van der Waals surface area contributed by atoms with Crippen molar-refractivity contribution in [1.29, 1.82) is 0 Å². The fourth-order valence-corrected chi connectivity index (χ4v) is 10.7. The minimum Gasteiger partial charge on any atom is -0.369 e. The van der Waals surface area contributed by atoms with Gasteiger partial charge in [-0.25, -0.2) is 34.3 Å². The van der Waals surface area contributed by atoms with Crippen LogP contribution in [0.3, 0.4) is 0 Å². The maximum Gasteiger partial charge on any atom is 0.252 e. The summed E-state index contributed by atoms with van der Waals surface area (Å²) < 4.78 is 14.4. The third kappa shape index (κ3) is 18.5. The first kappa shape index (κ1) is 74.8. The third-order valence-electron chi connectivity index (χ3n) is 16.0. The molecule has 0 spiro atoms. The highest BCUT2D eigenvalue weighted by molar-refractivity contribution is 7.59. The van der Waals surface area contributed by atoms with Crippen molar-refractivity contribution >= 4 is 108 Å². The SMILES string of the molecule is CCNC(=O)c1ccnc2c([C@H](C)CNc3cc(-c4ccc(C)nc4)ncn3)cccc12.CNC(=O)c1ccnc2c([C@H](C)CNc3cc(-c4ccc(C)nc4)ncn3)cc(F)cc12.CNC(=O)c1ccnc2c([C@H](C)CNc3cc(-c4ccc(C)nc4)ncn3)cccc12.S.S.S. The van der Waals surface area contributed by atoms with E-state index in [1.807, 2.05) is 126 Å². The molecule has 21 nitrogen and oxygen atoms in total. The quantitative estimate of drug-likeness (QED) is 0.0439. The van der Waals surface area contributed by atoms with Crippen LogP contribution in [-0.2, 0) is 0 Å². The molecule has 12 aromatic rings. The number of carbonyl (C=O) groups excluding carboxylic acids is 3. The maximum absolute atomic E-state index is 14.4. The van der Waals surface area contributed by atoms with Gasteiger partial charge in [0.05, 0.1) is 50.3 Å². The Hall–Kier alpha value is -10.6. The molecule has 6 N–H and O–H groups in total. The van der Waals surface area contributed by atoms with Crippen LogP contribution >= 0.6 is 40.5 Å². The van der Waals surface area contributed by atoms with E-state index in [9.17, 15) is 18.8 Å². The molecular formula is C73H79FN18O3S3. The van der Waals surface area contributed by atoms with E-state index in [-0.39, 0.29) is 76.0 Å². The van der Waals surface area contributed by atoms with Gasteiger partial charge < -0.3 is 31.9 Å². The van der Waals surface area contributed by atoms with E-state index in [1.54, 1.807) is 69.7 Å². The first-order chi connectivity index (χ1) is 46.1. The van der Waals surface area contributed by atoms with Crippen molar-refractivity contribution in [2.75, 3.05) is 56.2 Å². The van der Waals surface area contributed by atoms with Crippen LogP contribution in [0.5, 0.6) is 0 Å². The molecule has 0 fully saturated rings. The van der Waals surface area contributed by atoms with E-state index >= 15 is 0 Å². The molecule has 25 heteroatoms. The number of nitrogens with one attached hydrogen (secondary N) is 6. The van der Waals surface area contributed by atoms with Crippen molar-refractivity contribution < 1.29 is 18.8 Å². The van der Waals surface area contributed by atoms with E-state index in [2.05, 4.69) is 118 Å². The van der Waals surface area contributed by atoms with E-state index in [4.69, 9.17) is 0 Å². The Balaban J connectivity index is 0.000000204. The number of nitrogens with zero attached hydrogens (tertiary/aromatic N) is 12. The van der Waals surface area contributed by atoms with Gasteiger partial charge in [0.15, 0.2) is 0 Å². The Morgan fingerprint density at radius 3 is 1.12 bits per heavy atom. The molecule has 9 aromatic heterocycles. The molecule has 0 radical (unpaired) electrons. The molecule has 0 bridgehead atoms. The van der Waals surface area contributed by atoms with Gasteiger partial charge in [0.25, 0.3) is 17.7 Å². The van der Waals surface area contributed by atoms with E-state index in [0.717, 1.165) is 101 Å². The molecule has 9 heterocycles. The monoisotopic (exact) mass is 1370 g/mol. The summed E-state index contributed by atoms with van der Waals surface area (Å²) in [7, 11) is 3.18. The summed E-state index contributed by atoms with van der Waals surface area (Å²) in [5.41, 5.74) is 14.9. The lowest BCUT2D eigenvalue weighted by Crippen LogP contribution is -2.23. The number of aromatic nitrogens is 12. The predicted molar refractivity (Wildman–Crippen MR) is 402 cm³/mol. The zero-order valence-corrected chi connectivity index (χ0v) is 58.8. The molecule has 0 aliphatic carbocycles. The minimum absolute atomic E-state index is 0. The Morgan fingerprint density at radius 1 is 0.408 bits per heavy atom. The first-order valence-electron chi connectivity index (χ1n) is 31.1. The Morgan fingerprint density at radius 2 is 0.765 bits per heavy atom. The Labute approximate surface area is 589 Å². The molecule has 3 aromatic carbocycles. The molecule has 0 unspecified atom stereocenters. The van der Waals surface area contributed by atoms with Gasteiger partial charge in [0.2, 0.25) is 0 Å². The zero-order chi connectivity index (χ0) is 67.0. The normalized spacial score (nSPS) is 11.5. The van der Waals surface area contributed by atoms with Crippen molar-refractivity contribution in [3.63, 3.8) is 0 Å². The number of hydrogen-bond donors (Lipinski definition) is 6. The van der Waals surface area contributed by atoms with Crippen molar-refractivity contribution in [2.45, 2.75) is 66.2 Å². The van der Waals surface area contributed by atoms with Crippen LogP contribution in [0.25, 0.3) is 66.5 Å². The number of carbonyl (C=O) groups is 3. The summed E-state index contributed by atoms with van der Waals surface area (Å²) in [6.07, 6.45) is 15.0. The second-order valence-corrected chi connectivity index (χ2v) is 22.7. The standard InChI is InChI=1S/C25H26N6O.C24H23FN6O.C24H24N6O.3H2S/c1-4-26-25(32)21-10-11-27-24-19(6-5-7-20(21)24)16(2)13-29-23-12-22(30-15-31-23)18-9-8-17(3)28-14-18;1-14(11-29-22-10-21(30-13-31-22)16-5-4-15(2)28-12-16)19-8-17(25)9-20-18(24(32)26-3)6-7-27-23(19)20;1-15(18-5-4-6-19-20(24(31)25-3)9-10-26-23(18)19)12-28-22-11-21(29-14-30-22)17-8-7-16(2)27-13-17;;;/h5-12,14-16H,4,13H2,1-3H3,(H,26,32)(H,29,30,31);4-10,12-14H,11H2,1-3H3,(H,26,32)(H,29,30,31);4-11,13-15H,12H2,1-3H3,(H,25,31)(H,28,29,30);3*1H2/t16-;14-;15-;;;/m111.../s1. The van der Waals surface area contributed by atoms with Crippen molar-refractivity contribution in [3.05, 3.63) is 234 Å². The van der Waals surface area contributed by atoms with E-state index < -0.39 is 5.82 Å². The molecule has 3 amide bonds. The van der Waals surface area contributed by atoms with Crippen LogP contribution < -0.4 is 31.9 Å². The van der Waals surface area contributed by atoms with Crippen LogP contribution in [0.2, 0.25) is 0 Å². The van der Waals surface area contributed by atoms with E-state index in [0.29, 0.717) is 59.6 Å². The summed E-state index contributed by atoms with van der Waals surface area (Å²) in [5.74, 6) is 1.46. The summed E-state index contributed by atoms with van der Waals surface area (Å²) >= 11 is 0. The number of aryl methyl sites for hydroxylation is 3. The second-order valence-electron chi connectivity index (χ2n) is 22.7. The van der Waals surface area contributed by atoms with Crippen LogP contribution in [0.15, 0.2) is 177 Å². The lowest BCUT2D eigenvalue weighted by molar-refractivity contribution is 0.0951. The Bertz CT molecular complexity index is 4690. The summed E-state index contributed by atoms with van der Waals surface area (Å²) in [6.45, 7) is 16.4. The van der Waals surface area contributed by atoms with Gasteiger partial charge in [-0.1, -0.05) is 57.2 Å². The number of amides is 3. The van der Waals surface area contributed by atoms with Gasteiger partial charge in [0.1, 0.15) is 42.3 Å². The highest BCUT2D eigenvalue weighted by atomic mass is 32.1. The average molecular weight is 1370 g/mol. The molecule has 0 aliphatic heterocycles. The summed E-state index contributed by atoms with van der Waals surface area (Å²) in [4.78, 5) is 89.5. The van der Waals surface area contributed by atoms with Crippen LogP contribution in [-0.4, -0.2) is 118 Å². The maximum atomic E-state index is 14.4. The Kier molecular flexibility index (Phi) is 27.0. The van der Waals surface area contributed by atoms with Gasteiger partial charge in [-0.15, -0.1) is 0 Å².